The van der Waals surface area contributed by atoms with E-state index in [1.54, 1.807) is 0 Å². The van der Waals surface area contributed by atoms with E-state index in [4.69, 9.17) is 16.3 Å². The van der Waals surface area contributed by atoms with Crippen LogP contribution >= 0.6 is 11.6 Å². The molecule has 1 aliphatic heterocycles. The Kier molecular flexibility index (Phi) is 3.84. The molecule has 94 valence electrons. The smallest absolute Gasteiger partial charge is 0.137 e. The van der Waals surface area contributed by atoms with Gasteiger partial charge in [0, 0.05) is 24.6 Å². The Hall–Kier alpha value is -0.870. The number of hydrogen-bond acceptors (Lipinski definition) is 4. The van der Waals surface area contributed by atoms with E-state index in [9.17, 15) is 0 Å². The molecule has 2 atom stereocenters. The lowest BCUT2D eigenvalue weighted by Crippen LogP contribution is -2.21. The van der Waals surface area contributed by atoms with Gasteiger partial charge in [0.1, 0.15) is 16.8 Å². The van der Waals surface area contributed by atoms with Gasteiger partial charge >= 0.3 is 0 Å². The summed E-state index contributed by atoms with van der Waals surface area (Å²) in [6.45, 7) is 7.62. The van der Waals surface area contributed by atoms with Crippen LogP contribution in [-0.2, 0) is 4.74 Å². The van der Waals surface area contributed by atoms with E-state index in [2.05, 4.69) is 22.2 Å². The Bertz CT molecular complexity index is 411. The molecule has 0 bridgehead atoms. The van der Waals surface area contributed by atoms with Crippen molar-refractivity contribution in [3.63, 3.8) is 0 Å². The van der Waals surface area contributed by atoms with Gasteiger partial charge in [-0.05, 0) is 27.2 Å². The van der Waals surface area contributed by atoms with Crippen LogP contribution in [0.1, 0.15) is 24.7 Å². The van der Waals surface area contributed by atoms with Crippen molar-refractivity contribution in [2.45, 2.75) is 33.3 Å². The van der Waals surface area contributed by atoms with Crippen LogP contribution in [0.3, 0.4) is 0 Å². The lowest BCUT2D eigenvalue weighted by molar-refractivity contribution is 0.108. The minimum absolute atomic E-state index is 0.321. The summed E-state index contributed by atoms with van der Waals surface area (Å²) in [4.78, 5) is 8.49. The van der Waals surface area contributed by atoms with Gasteiger partial charge in [-0.2, -0.15) is 0 Å². The van der Waals surface area contributed by atoms with Crippen LogP contribution in [-0.4, -0.2) is 29.2 Å². The molecule has 1 fully saturated rings. The van der Waals surface area contributed by atoms with Gasteiger partial charge in [0.05, 0.1) is 6.10 Å². The van der Waals surface area contributed by atoms with Crippen LogP contribution in [0.5, 0.6) is 0 Å². The van der Waals surface area contributed by atoms with Crippen molar-refractivity contribution in [3.8, 4) is 0 Å². The van der Waals surface area contributed by atoms with Crippen molar-refractivity contribution < 1.29 is 4.74 Å². The van der Waals surface area contributed by atoms with Crippen molar-refractivity contribution in [2.24, 2.45) is 5.92 Å². The molecule has 5 heteroatoms. The van der Waals surface area contributed by atoms with Gasteiger partial charge < -0.3 is 10.1 Å². The van der Waals surface area contributed by atoms with Gasteiger partial charge in [-0.3, -0.25) is 0 Å². The first-order chi connectivity index (χ1) is 8.08. The first kappa shape index (κ1) is 12.6. The molecule has 2 rings (SSSR count). The Morgan fingerprint density at radius 1 is 1.41 bits per heavy atom. The molecule has 2 heterocycles. The summed E-state index contributed by atoms with van der Waals surface area (Å²) in [5.41, 5.74) is 0.906. The number of nitrogens with zero attached hydrogens (tertiary/aromatic N) is 2. The van der Waals surface area contributed by atoms with E-state index in [0.717, 1.165) is 31.0 Å². The predicted molar refractivity (Wildman–Crippen MR) is 68.5 cm³/mol. The topological polar surface area (TPSA) is 47.0 Å². The summed E-state index contributed by atoms with van der Waals surface area (Å²) in [6, 6.07) is 0. The van der Waals surface area contributed by atoms with Gasteiger partial charge in [-0.15, -0.1) is 0 Å². The second-order valence-electron chi connectivity index (χ2n) is 4.54. The maximum atomic E-state index is 6.03. The maximum absolute atomic E-state index is 6.03. The molecule has 1 aliphatic rings. The second-order valence-corrected chi connectivity index (χ2v) is 4.90. The van der Waals surface area contributed by atoms with Crippen molar-refractivity contribution in [1.82, 2.24) is 9.97 Å². The molecule has 0 amide bonds. The molecule has 1 saturated heterocycles. The minimum atomic E-state index is 0.321. The average Bonchev–Trinajstić information content (AvgIpc) is 2.67. The Labute approximate surface area is 107 Å². The number of hydrogen-bond donors (Lipinski definition) is 1. The van der Waals surface area contributed by atoms with E-state index in [0.29, 0.717) is 23.0 Å². The molecular weight excluding hydrogens is 238 g/mol. The first-order valence-corrected chi connectivity index (χ1v) is 6.32. The standard InChI is InChI=1S/C12H18ClN3O/c1-7-11(13)15-9(3)16-12(7)14-6-10-4-5-17-8(10)2/h8,10H,4-6H2,1-3H3,(H,14,15,16). The third kappa shape index (κ3) is 2.87. The van der Waals surface area contributed by atoms with E-state index in [1.165, 1.54) is 0 Å². The summed E-state index contributed by atoms with van der Waals surface area (Å²) < 4.78 is 5.53. The molecule has 1 aromatic heterocycles. The number of halogens is 1. The molecule has 4 nitrogen and oxygen atoms in total. The zero-order valence-electron chi connectivity index (χ0n) is 10.5. The lowest BCUT2D eigenvalue weighted by atomic mass is 10.0. The summed E-state index contributed by atoms with van der Waals surface area (Å²) in [7, 11) is 0. The zero-order valence-corrected chi connectivity index (χ0v) is 11.2. The fourth-order valence-corrected chi connectivity index (χ4v) is 2.25. The SMILES string of the molecule is Cc1nc(Cl)c(C)c(NCC2CCOC2C)n1. The second kappa shape index (κ2) is 5.19. The molecule has 0 saturated carbocycles. The fraction of sp³-hybridized carbons (Fsp3) is 0.667. The van der Waals surface area contributed by atoms with Gasteiger partial charge in [0.25, 0.3) is 0 Å². The first-order valence-electron chi connectivity index (χ1n) is 5.94. The Morgan fingerprint density at radius 2 is 2.18 bits per heavy atom. The summed E-state index contributed by atoms with van der Waals surface area (Å²) >= 11 is 6.03. The summed E-state index contributed by atoms with van der Waals surface area (Å²) in [6.07, 6.45) is 1.42. The number of aromatic nitrogens is 2. The normalized spacial score (nSPS) is 24.0. The molecule has 1 N–H and O–H groups in total. The highest BCUT2D eigenvalue weighted by atomic mass is 35.5. The lowest BCUT2D eigenvalue weighted by Gasteiger charge is -2.16. The van der Waals surface area contributed by atoms with Crippen molar-refractivity contribution in [2.75, 3.05) is 18.5 Å². The van der Waals surface area contributed by atoms with E-state index in [-0.39, 0.29) is 0 Å². The van der Waals surface area contributed by atoms with Crippen LogP contribution in [0, 0.1) is 19.8 Å². The monoisotopic (exact) mass is 255 g/mol. The molecule has 0 aliphatic carbocycles. The molecule has 0 spiro atoms. The van der Waals surface area contributed by atoms with Crippen LogP contribution in [0.25, 0.3) is 0 Å². The van der Waals surface area contributed by atoms with Crippen LogP contribution < -0.4 is 5.32 Å². The van der Waals surface area contributed by atoms with Gasteiger partial charge in [-0.1, -0.05) is 11.6 Å². The average molecular weight is 256 g/mol. The maximum Gasteiger partial charge on any atom is 0.137 e. The van der Waals surface area contributed by atoms with Gasteiger partial charge in [0.2, 0.25) is 0 Å². The highest BCUT2D eigenvalue weighted by Gasteiger charge is 2.24. The van der Waals surface area contributed by atoms with Gasteiger partial charge in [-0.25, -0.2) is 9.97 Å². The number of ether oxygens (including phenoxy) is 1. The number of anilines is 1. The van der Waals surface area contributed by atoms with E-state index in [1.807, 2.05) is 13.8 Å². The molecule has 2 unspecified atom stereocenters. The summed E-state index contributed by atoms with van der Waals surface area (Å²) in [5, 5.41) is 3.88. The molecular formula is C12H18ClN3O. The highest BCUT2D eigenvalue weighted by molar-refractivity contribution is 6.30. The van der Waals surface area contributed by atoms with E-state index < -0.39 is 0 Å². The quantitative estimate of drug-likeness (QED) is 0.844. The molecule has 17 heavy (non-hydrogen) atoms. The van der Waals surface area contributed by atoms with Crippen LogP contribution in [0.4, 0.5) is 5.82 Å². The molecule has 0 radical (unpaired) electrons. The largest absolute Gasteiger partial charge is 0.378 e. The Morgan fingerprint density at radius 3 is 2.82 bits per heavy atom. The minimum Gasteiger partial charge on any atom is -0.378 e. The zero-order chi connectivity index (χ0) is 12.4. The van der Waals surface area contributed by atoms with Crippen LogP contribution in [0.2, 0.25) is 5.15 Å². The van der Waals surface area contributed by atoms with E-state index >= 15 is 0 Å². The predicted octanol–water partition coefficient (Wildman–Crippen LogP) is 2.58. The molecule has 0 aromatic carbocycles. The number of nitrogens with one attached hydrogen (secondary N) is 1. The number of aryl methyl sites for hydroxylation is 1. The van der Waals surface area contributed by atoms with Crippen molar-refractivity contribution >= 4 is 17.4 Å². The fourth-order valence-electron chi connectivity index (χ4n) is 2.04. The Balaban J connectivity index is 2.03. The third-order valence-corrected chi connectivity index (χ3v) is 3.63. The highest BCUT2D eigenvalue weighted by Crippen LogP contribution is 2.23. The number of rotatable bonds is 3. The third-order valence-electron chi connectivity index (χ3n) is 3.26. The summed E-state index contributed by atoms with van der Waals surface area (Å²) in [5.74, 6) is 2.07. The van der Waals surface area contributed by atoms with Crippen molar-refractivity contribution in [1.29, 1.82) is 0 Å². The van der Waals surface area contributed by atoms with Gasteiger partial charge in [0.15, 0.2) is 0 Å². The van der Waals surface area contributed by atoms with Crippen molar-refractivity contribution in [3.05, 3.63) is 16.5 Å². The molecule has 1 aromatic rings. The van der Waals surface area contributed by atoms with Crippen LogP contribution in [0.15, 0.2) is 0 Å².